The van der Waals surface area contributed by atoms with E-state index in [0.29, 0.717) is 0 Å². The molecule has 1 atom stereocenters. The first-order chi connectivity index (χ1) is 9.99. The minimum Gasteiger partial charge on any atom is -0.339 e. The monoisotopic (exact) mass is 325 g/mol. The summed E-state index contributed by atoms with van der Waals surface area (Å²) in [7, 11) is 0. The predicted octanol–water partition coefficient (Wildman–Crippen LogP) is 2.04. The number of aryl methyl sites for hydroxylation is 1. The summed E-state index contributed by atoms with van der Waals surface area (Å²) < 4.78 is 0. The molecule has 0 aliphatic carbocycles. The van der Waals surface area contributed by atoms with Gasteiger partial charge in [0.25, 0.3) is 0 Å². The van der Waals surface area contributed by atoms with Crippen LogP contribution in [0.3, 0.4) is 0 Å². The zero-order valence-electron chi connectivity index (χ0n) is 13.8. The van der Waals surface area contributed by atoms with Crippen molar-refractivity contribution in [2.45, 2.75) is 33.4 Å². The van der Waals surface area contributed by atoms with Crippen LogP contribution in [0.5, 0.6) is 0 Å². The van der Waals surface area contributed by atoms with Gasteiger partial charge < -0.3 is 10.6 Å². The smallest absolute Gasteiger partial charge is 0.239 e. The highest BCUT2D eigenvalue weighted by Crippen LogP contribution is 2.13. The topological polar surface area (TPSA) is 49.6 Å². The number of amides is 1. The lowest BCUT2D eigenvalue weighted by Crippen LogP contribution is -2.54. The Balaban J connectivity index is 0.00000242. The third-order valence-electron chi connectivity index (χ3n) is 4.34. The van der Waals surface area contributed by atoms with Gasteiger partial charge in [0, 0.05) is 32.7 Å². The van der Waals surface area contributed by atoms with Crippen molar-refractivity contribution < 1.29 is 4.79 Å². The Hall–Kier alpha value is -1.10. The quantitative estimate of drug-likeness (QED) is 0.921. The van der Waals surface area contributed by atoms with Gasteiger partial charge in [-0.1, -0.05) is 38.1 Å². The highest BCUT2D eigenvalue weighted by molar-refractivity contribution is 5.85. The summed E-state index contributed by atoms with van der Waals surface area (Å²) in [6.45, 7) is 10.5. The van der Waals surface area contributed by atoms with E-state index in [9.17, 15) is 4.79 Å². The summed E-state index contributed by atoms with van der Waals surface area (Å²) in [4.78, 5) is 16.6. The van der Waals surface area contributed by atoms with Gasteiger partial charge in [0.2, 0.25) is 5.91 Å². The molecule has 0 saturated carbocycles. The number of hydrogen-bond acceptors (Lipinski definition) is 3. The van der Waals surface area contributed by atoms with Crippen molar-refractivity contribution >= 4 is 18.3 Å². The molecule has 0 radical (unpaired) electrons. The normalized spacial score (nSPS) is 17.2. The van der Waals surface area contributed by atoms with Crippen molar-refractivity contribution in [2.75, 3.05) is 26.2 Å². The lowest BCUT2D eigenvalue weighted by atomic mass is 10.0. The molecule has 22 heavy (non-hydrogen) atoms. The van der Waals surface area contributed by atoms with Gasteiger partial charge in [-0.2, -0.15) is 0 Å². The fraction of sp³-hybridized carbons (Fsp3) is 0.588. The number of rotatable bonds is 4. The SMILES string of the molecule is Cc1ccccc1CN1CCN(C(=O)[C@@H](N)C(C)C)CC1.Cl. The van der Waals surface area contributed by atoms with E-state index < -0.39 is 0 Å². The predicted molar refractivity (Wildman–Crippen MR) is 93.1 cm³/mol. The van der Waals surface area contributed by atoms with Crippen LogP contribution in [0.2, 0.25) is 0 Å². The van der Waals surface area contributed by atoms with Crippen LogP contribution in [0.4, 0.5) is 0 Å². The molecule has 1 saturated heterocycles. The summed E-state index contributed by atoms with van der Waals surface area (Å²) in [6.07, 6.45) is 0. The second kappa shape index (κ2) is 8.51. The van der Waals surface area contributed by atoms with Crippen molar-refractivity contribution in [1.29, 1.82) is 0 Å². The lowest BCUT2D eigenvalue weighted by Gasteiger charge is -2.36. The zero-order valence-corrected chi connectivity index (χ0v) is 14.6. The Kier molecular flexibility index (Phi) is 7.33. The fourth-order valence-electron chi connectivity index (χ4n) is 2.65. The summed E-state index contributed by atoms with van der Waals surface area (Å²) in [6, 6.07) is 8.12. The number of carbonyl (C=O) groups is 1. The highest BCUT2D eigenvalue weighted by Gasteiger charge is 2.26. The van der Waals surface area contributed by atoms with E-state index in [1.165, 1.54) is 11.1 Å². The number of benzene rings is 1. The zero-order chi connectivity index (χ0) is 15.4. The van der Waals surface area contributed by atoms with Gasteiger partial charge in [0.15, 0.2) is 0 Å². The van der Waals surface area contributed by atoms with Crippen LogP contribution in [-0.4, -0.2) is 47.9 Å². The fourth-order valence-corrected chi connectivity index (χ4v) is 2.65. The summed E-state index contributed by atoms with van der Waals surface area (Å²) in [5.41, 5.74) is 8.67. The van der Waals surface area contributed by atoms with Crippen LogP contribution in [0.25, 0.3) is 0 Å². The Morgan fingerprint density at radius 2 is 1.77 bits per heavy atom. The van der Waals surface area contributed by atoms with Gasteiger partial charge >= 0.3 is 0 Å². The van der Waals surface area contributed by atoms with Gasteiger partial charge in [0.1, 0.15) is 0 Å². The third-order valence-corrected chi connectivity index (χ3v) is 4.34. The molecule has 1 aliphatic heterocycles. The maximum atomic E-state index is 12.2. The first kappa shape index (κ1) is 18.9. The molecule has 1 heterocycles. The number of carbonyl (C=O) groups excluding carboxylic acids is 1. The van der Waals surface area contributed by atoms with Crippen molar-refractivity contribution in [3.63, 3.8) is 0 Å². The first-order valence-corrected chi connectivity index (χ1v) is 7.80. The first-order valence-electron chi connectivity index (χ1n) is 7.80. The van der Waals surface area contributed by atoms with Crippen molar-refractivity contribution in [3.8, 4) is 0 Å². The maximum Gasteiger partial charge on any atom is 0.239 e. The molecule has 0 spiro atoms. The molecule has 124 valence electrons. The molecular weight excluding hydrogens is 298 g/mol. The molecular formula is C17H28ClN3O. The van der Waals surface area contributed by atoms with Crippen LogP contribution >= 0.6 is 12.4 Å². The summed E-state index contributed by atoms with van der Waals surface area (Å²) >= 11 is 0. The largest absolute Gasteiger partial charge is 0.339 e. The van der Waals surface area contributed by atoms with Gasteiger partial charge in [-0.25, -0.2) is 0 Å². The number of hydrogen-bond donors (Lipinski definition) is 1. The van der Waals surface area contributed by atoms with Crippen molar-refractivity contribution in [2.24, 2.45) is 11.7 Å². The highest BCUT2D eigenvalue weighted by atomic mass is 35.5. The van der Waals surface area contributed by atoms with Crippen molar-refractivity contribution in [1.82, 2.24) is 9.80 Å². The van der Waals surface area contributed by atoms with Gasteiger partial charge in [0.05, 0.1) is 6.04 Å². The van der Waals surface area contributed by atoms with Gasteiger partial charge in [-0.05, 0) is 24.0 Å². The van der Waals surface area contributed by atoms with E-state index in [2.05, 4.69) is 36.1 Å². The minimum absolute atomic E-state index is 0. The Morgan fingerprint density at radius 1 is 1.18 bits per heavy atom. The molecule has 4 nitrogen and oxygen atoms in total. The van der Waals surface area contributed by atoms with E-state index in [1.54, 1.807) is 0 Å². The number of halogens is 1. The standard InChI is InChI=1S/C17H27N3O.ClH/c1-13(2)16(18)17(21)20-10-8-19(9-11-20)12-15-7-5-4-6-14(15)3;/h4-7,13,16H,8-12,18H2,1-3H3;1H/t16-;/m0./s1. The molecule has 1 aromatic carbocycles. The molecule has 1 aromatic rings. The molecule has 5 heteroatoms. The molecule has 1 amide bonds. The minimum atomic E-state index is -0.368. The Labute approximate surface area is 140 Å². The number of piperazine rings is 1. The van der Waals surface area contributed by atoms with Crippen LogP contribution in [0.15, 0.2) is 24.3 Å². The molecule has 1 aliphatic rings. The molecule has 0 bridgehead atoms. The van der Waals surface area contributed by atoms with Crippen LogP contribution < -0.4 is 5.73 Å². The van der Waals surface area contributed by atoms with E-state index in [4.69, 9.17) is 5.73 Å². The molecule has 0 unspecified atom stereocenters. The molecule has 0 aromatic heterocycles. The van der Waals surface area contributed by atoms with E-state index in [-0.39, 0.29) is 30.3 Å². The second-order valence-electron chi connectivity index (χ2n) is 6.30. The number of nitrogens with zero attached hydrogens (tertiary/aromatic N) is 2. The molecule has 2 N–H and O–H groups in total. The average Bonchev–Trinajstić information content (AvgIpc) is 2.49. The Morgan fingerprint density at radius 3 is 2.32 bits per heavy atom. The second-order valence-corrected chi connectivity index (χ2v) is 6.30. The summed E-state index contributed by atoms with van der Waals surface area (Å²) in [5, 5.41) is 0. The lowest BCUT2D eigenvalue weighted by molar-refractivity contribution is -0.135. The average molecular weight is 326 g/mol. The Bertz CT molecular complexity index is 485. The van der Waals surface area contributed by atoms with Crippen LogP contribution in [0.1, 0.15) is 25.0 Å². The number of nitrogens with two attached hydrogens (primary N) is 1. The summed E-state index contributed by atoms with van der Waals surface area (Å²) in [5.74, 6) is 0.294. The molecule has 2 rings (SSSR count). The van der Waals surface area contributed by atoms with Crippen molar-refractivity contribution in [3.05, 3.63) is 35.4 Å². The van der Waals surface area contributed by atoms with E-state index in [1.807, 2.05) is 18.7 Å². The maximum absolute atomic E-state index is 12.2. The van der Waals surface area contributed by atoms with Crippen LogP contribution in [0, 0.1) is 12.8 Å². The van der Waals surface area contributed by atoms with E-state index in [0.717, 1.165) is 32.7 Å². The third kappa shape index (κ3) is 4.70. The van der Waals surface area contributed by atoms with Gasteiger partial charge in [-0.3, -0.25) is 9.69 Å². The van der Waals surface area contributed by atoms with E-state index >= 15 is 0 Å². The van der Waals surface area contributed by atoms with Gasteiger partial charge in [-0.15, -0.1) is 12.4 Å². The van der Waals surface area contributed by atoms with Crippen LogP contribution in [-0.2, 0) is 11.3 Å². The molecule has 1 fully saturated rings.